The van der Waals surface area contributed by atoms with Gasteiger partial charge in [-0.25, -0.2) is 0 Å². The molecule has 0 aliphatic rings. The normalized spacial score (nSPS) is 11.9. The number of carbonyl (C=O) groups is 2. The van der Waals surface area contributed by atoms with Crippen molar-refractivity contribution in [3.8, 4) is 0 Å². The van der Waals surface area contributed by atoms with E-state index in [0.29, 0.717) is 0 Å². The minimum Gasteiger partial charge on any atom is -0.299 e. The highest BCUT2D eigenvalue weighted by molar-refractivity contribution is 6.07. The monoisotopic (exact) mass is 216 g/mol. The molecule has 0 fully saturated rings. The molecule has 0 heterocycles. The molecular weight excluding hydrogens is 200 g/mol. The summed E-state index contributed by atoms with van der Waals surface area (Å²) in [5.41, 5.74) is 1.78. The van der Waals surface area contributed by atoms with Crippen LogP contribution in [0.3, 0.4) is 0 Å². The first-order valence-electron chi connectivity index (χ1n) is 5.27. The molecule has 0 saturated heterocycles. The van der Waals surface area contributed by atoms with Crippen molar-refractivity contribution in [2.24, 2.45) is 0 Å². The predicted molar refractivity (Wildman–Crippen MR) is 64.4 cm³/mol. The molecule has 1 unspecified atom stereocenters. The highest BCUT2D eigenvalue weighted by Gasteiger charge is 2.24. The quantitative estimate of drug-likeness (QED) is 0.560. The van der Waals surface area contributed by atoms with E-state index in [4.69, 9.17) is 0 Å². The van der Waals surface area contributed by atoms with E-state index in [1.165, 1.54) is 13.0 Å². The third-order valence-corrected chi connectivity index (χ3v) is 2.57. The van der Waals surface area contributed by atoms with Gasteiger partial charge in [-0.2, -0.15) is 0 Å². The van der Waals surface area contributed by atoms with Crippen LogP contribution in [0.1, 0.15) is 30.4 Å². The van der Waals surface area contributed by atoms with Crippen LogP contribution < -0.4 is 0 Å². The topological polar surface area (TPSA) is 34.1 Å². The van der Waals surface area contributed by atoms with Gasteiger partial charge in [-0.05, 0) is 25.0 Å². The molecule has 16 heavy (non-hydrogen) atoms. The van der Waals surface area contributed by atoms with Crippen molar-refractivity contribution >= 4 is 11.6 Å². The minimum atomic E-state index is -0.640. The van der Waals surface area contributed by atoms with Crippen LogP contribution in [0.15, 0.2) is 36.9 Å². The maximum atomic E-state index is 11.8. The van der Waals surface area contributed by atoms with E-state index in [9.17, 15) is 9.59 Å². The van der Waals surface area contributed by atoms with E-state index < -0.39 is 5.92 Å². The van der Waals surface area contributed by atoms with Gasteiger partial charge in [0.05, 0.1) is 0 Å². The Balaban J connectivity index is 3.13. The smallest absolute Gasteiger partial charge is 0.151 e. The molecule has 2 heteroatoms. The zero-order valence-corrected chi connectivity index (χ0v) is 9.69. The fourth-order valence-corrected chi connectivity index (χ4v) is 1.79. The van der Waals surface area contributed by atoms with E-state index in [-0.39, 0.29) is 18.0 Å². The van der Waals surface area contributed by atoms with Gasteiger partial charge in [-0.15, -0.1) is 6.58 Å². The number of ketones is 2. The summed E-state index contributed by atoms with van der Waals surface area (Å²) in [5.74, 6) is -0.836. The Morgan fingerprint density at radius 1 is 1.38 bits per heavy atom. The second kappa shape index (κ2) is 5.40. The van der Waals surface area contributed by atoms with Crippen LogP contribution in [0.4, 0.5) is 0 Å². The molecule has 84 valence electrons. The SMILES string of the molecule is C=CCC(=O)C(C(C)=O)c1ccccc1C. The van der Waals surface area contributed by atoms with Crippen LogP contribution in [0, 0.1) is 6.92 Å². The molecule has 2 nitrogen and oxygen atoms in total. The molecule has 1 aromatic carbocycles. The highest BCUT2D eigenvalue weighted by Crippen LogP contribution is 2.23. The number of hydrogen-bond acceptors (Lipinski definition) is 2. The summed E-state index contributed by atoms with van der Waals surface area (Å²) in [6.07, 6.45) is 1.77. The zero-order valence-electron chi connectivity index (χ0n) is 9.69. The fourth-order valence-electron chi connectivity index (χ4n) is 1.79. The van der Waals surface area contributed by atoms with Crippen molar-refractivity contribution in [2.75, 3.05) is 0 Å². The first kappa shape index (κ1) is 12.4. The maximum absolute atomic E-state index is 11.8. The summed E-state index contributed by atoms with van der Waals surface area (Å²) < 4.78 is 0. The molecule has 0 aliphatic carbocycles. The standard InChI is InChI=1S/C14H16O2/c1-4-7-13(16)14(11(3)15)12-9-6-5-8-10(12)2/h4-6,8-9,14H,1,7H2,2-3H3. The van der Waals surface area contributed by atoms with Crippen molar-refractivity contribution in [2.45, 2.75) is 26.2 Å². The molecule has 0 saturated carbocycles. The first-order chi connectivity index (χ1) is 7.57. The van der Waals surface area contributed by atoms with Crippen molar-refractivity contribution in [3.05, 3.63) is 48.0 Å². The highest BCUT2D eigenvalue weighted by atomic mass is 16.1. The van der Waals surface area contributed by atoms with Gasteiger partial charge in [-0.3, -0.25) is 9.59 Å². The van der Waals surface area contributed by atoms with Crippen molar-refractivity contribution < 1.29 is 9.59 Å². The average molecular weight is 216 g/mol. The van der Waals surface area contributed by atoms with Gasteiger partial charge >= 0.3 is 0 Å². The summed E-state index contributed by atoms with van der Waals surface area (Å²) in [5, 5.41) is 0. The maximum Gasteiger partial charge on any atom is 0.151 e. The van der Waals surface area contributed by atoms with Crippen LogP contribution in [0.5, 0.6) is 0 Å². The fraction of sp³-hybridized carbons (Fsp3) is 0.286. The second-order valence-corrected chi connectivity index (χ2v) is 3.86. The third kappa shape index (κ3) is 2.66. The van der Waals surface area contributed by atoms with E-state index in [1.54, 1.807) is 0 Å². The summed E-state index contributed by atoms with van der Waals surface area (Å²) in [6, 6.07) is 7.49. The van der Waals surface area contributed by atoms with Crippen LogP contribution in [0.25, 0.3) is 0 Å². The Morgan fingerprint density at radius 2 is 2.00 bits per heavy atom. The predicted octanol–water partition coefficient (Wildman–Crippen LogP) is 2.81. The molecule has 0 N–H and O–H groups in total. The number of Topliss-reactive ketones (excluding diaryl/α,β-unsaturated/α-hetero) is 2. The molecule has 1 rings (SSSR count). The molecule has 1 aromatic rings. The van der Waals surface area contributed by atoms with E-state index in [0.717, 1.165) is 11.1 Å². The minimum absolute atomic E-state index is 0.0863. The lowest BCUT2D eigenvalue weighted by molar-refractivity contribution is -0.127. The lowest BCUT2D eigenvalue weighted by atomic mass is 9.87. The molecule has 0 radical (unpaired) electrons. The summed E-state index contributed by atoms with van der Waals surface area (Å²) >= 11 is 0. The number of rotatable bonds is 5. The second-order valence-electron chi connectivity index (χ2n) is 3.86. The molecular formula is C14H16O2. The lowest BCUT2D eigenvalue weighted by Crippen LogP contribution is -2.20. The number of allylic oxidation sites excluding steroid dienone is 1. The van der Waals surface area contributed by atoms with Gasteiger partial charge in [-0.1, -0.05) is 30.3 Å². The van der Waals surface area contributed by atoms with Crippen LogP contribution in [-0.2, 0) is 9.59 Å². The Kier molecular flexibility index (Phi) is 4.18. The van der Waals surface area contributed by atoms with Gasteiger partial charge in [0.15, 0.2) is 5.78 Å². The van der Waals surface area contributed by atoms with Gasteiger partial charge in [0.1, 0.15) is 11.7 Å². The number of aryl methyl sites for hydroxylation is 1. The molecule has 0 spiro atoms. The van der Waals surface area contributed by atoms with E-state index in [2.05, 4.69) is 6.58 Å². The Labute approximate surface area is 96.0 Å². The first-order valence-corrected chi connectivity index (χ1v) is 5.27. The van der Waals surface area contributed by atoms with Gasteiger partial charge in [0, 0.05) is 6.42 Å². The van der Waals surface area contributed by atoms with E-state index >= 15 is 0 Å². The largest absolute Gasteiger partial charge is 0.299 e. The van der Waals surface area contributed by atoms with Gasteiger partial charge < -0.3 is 0 Å². The summed E-state index contributed by atoms with van der Waals surface area (Å²) in [7, 11) is 0. The van der Waals surface area contributed by atoms with Crippen molar-refractivity contribution in [1.82, 2.24) is 0 Å². The van der Waals surface area contributed by atoms with Crippen LogP contribution >= 0.6 is 0 Å². The molecule has 0 aromatic heterocycles. The van der Waals surface area contributed by atoms with Crippen molar-refractivity contribution in [3.63, 3.8) is 0 Å². The summed E-state index contributed by atoms with van der Waals surface area (Å²) in [4.78, 5) is 23.4. The molecule has 0 bridgehead atoms. The lowest BCUT2D eigenvalue weighted by Gasteiger charge is -2.14. The Bertz CT molecular complexity index is 418. The Hall–Kier alpha value is -1.70. The molecule has 0 amide bonds. The van der Waals surface area contributed by atoms with E-state index in [1.807, 2.05) is 31.2 Å². The number of hydrogen-bond donors (Lipinski definition) is 0. The Morgan fingerprint density at radius 3 is 2.50 bits per heavy atom. The number of benzene rings is 1. The number of carbonyl (C=O) groups excluding carboxylic acids is 2. The van der Waals surface area contributed by atoms with Crippen LogP contribution in [0.2, 0.25) is 0 Å². The van der Waals surface area contributed by atoms with Crippen LogP contribution in [-0.4, -0.2) is 11.6 Å². The van der Waals surface area contributed by atoms with Gasteiger partial charge in [0.25, 0.3) is 0 Å². The molecule has 0 aliphatic heterocycles. The third-order valence-electron chi connectivity index (χ3n) is 2.57. The molecule has 1 atom stereocenters. The zero-order chi connectivity index (χ0) is 12.1. The average Bonchev–Trinajstić information content (AvgIpc) is 2.21. The summed E-state index contributed by atoms with van der Waals surface area (Å²) in [6.45, 7) is 6.89. The van der Waals surface area contributed by atoms with Crippen molar-refractivity contribution in [1.29, 1.82) is 0 Å². The van der Waals surface area contributed by atoms with Gasteiger partial charge in [0.2, 0.25) is 0 Å².